The smallest absolute Gasteiger partial charge is 0.164 e. The van der Waals surface area contributed by atoms with Crippen molar-refractivity contribution in [1.29, 1.82) is 0 Å². The Balaban J connectivity index is 2.64. The largest absolute Gasteiger partial charge is 0.510 e. The standard InChI is InChI=1S/C5H6N2O3/c8-5-2-1-3-6(4-5)7(9)10/h1-3,8H,4H2. The summed E-state index contributed by atoms with van der Waals surface area (Å²) < 4.78 is 0. The van der Waals surface area contributed by atoms with E-state index >= 15 is 0 Å². The fraction of sp³-hybridized carbons (Fsp3) is 0.200. The second kappa shape index (κ2) is 2.38. The zero-order valence-electron chi connectivity index (χ0n) is 5.10. The van der Waals surface area contributed by atoms with Gasteiger partial charge in [0.25, 0.3) is 0 Å². The first-order chi connectivity index (χ1) is 4.70. The van der Waals surface area contributed by atoms with Crippen LogP contribution in [0.2, 0.25) is 0 Å². The van der Waals surface area contributed by atoms with Gasteiger partial charge in [0.2, 0.25) is 0 Å². The average Bonchev–Trinajstić information content (AvgIpc) is 1.88. The quantitative estimate of drug-likeness (QED) is 0.426. The minimum atomic E-state index is -0.584. The molecule has 5 heteroatoms. The summed E-state index contributed by atoms with van der Waals surface area (Å²) in [5, 5.41) is 19.1. The summed E-state index contributed by atoms with van der Waals surface area (Å²) in [5.74, 6) is -0.000741. The zero-order chi connectivity index (χ0) is 7.56. The van der Waals surface area contributed by atoms with Crippen LogP contribution in [0.25, 0.3) is 0 Å². The van der Waals surface area contributed by atoms with E-state index in [4.69, 9.17) is 5.11 Å². The second-order valence-electron chi connectivity index (χ2n) is 1.83. The Morgan fingerprint density at radius 1 is 1.80 bits per heavy atom. The van der Waals surface area contributed by atoms with Crippen LogP contribution in [-0.2, 0) is 0 Å². The van der Waals surface area contributed by atoms with E-state index in [2.05, 4.69) is 0 Å². The maximum atomic E-state index is 10.0. The first-order valence-corrected chi connectivity index (χ1v) is 2.67. The number of aliphatic hydroxyl groups excluding tert-OH is 1. The molecule has 0 aliphatic carbocycles. The third-order valence-corrected chi connectivity index (χ3v) is 1.08. The van der Waals surface area contributed by atoms with Crippen molar-refractivity contribution in [3.05, 3.63) is 34.2 Å². The molecule has 1 aliphatic rings. The Kier molecular flexibility index (Phi) is 1.57. The monoisotopic (exact) mass is 142 g/mol. The Morgan fingerprint density at radius 3 is 2.90 bits per heavy atom. The topological polar surface area (TPSA) is 66.6 Å². The number of nitro groups is 1. The summed E-state index contributed by atoms with van der Waals surface area (Å²) in [7, 11) is 0. The number of rotatable bonds is 1. The molecule has 0 saturated carbocycles. The van der Waals surface area contributed by atoms with Gasteiger partial charge in [-0.05, 0) is 12.2 Å². The van der Waals surface area contributed by atoms with E-state index in [1.807, 2.05) is 0 Å². The van der Waals surface area contributed by atoms with E-state index in [0.29, 0.717) is 0 Å². The molecule has 1 rings (SSSR count). The molecule has 0 aromatic carbocycles. The minimum absolute atomic E-state index is 0.000741. The molecule has 0 atom stereocenters. The molecule has 10 heavy (non-hydrogen) atoms. The number of nitrogens with zero attached hydrogens (tertiary/aromatic N) is 2. The third kappa shape index (κ3) is 1.25. The van der Waals surface area contributed by atoms with Crippen molar-refractivity contribution < 1.29 is 10.1 Å². The van der Waals surface area contributed by atoms with Crippen molar-refractivity contribution in [3.63, 3.8) is 0 Å². The van der Waals surface area contributed by atoms with Crippen LogP contribution in [0.1, 0.15) is 0 Å². The molecule has 0 radical (unpaired) electrons. The molecule has 0 aromatic rings. The second-order valence-corrected chi connectivity index (χ2v) is 1.83. The molecule has 0 saturated heterocycles. The maximum absolute atomic E-state index is 10.0. The summed E-state index contributed by atoms with van der Waals surface area (Å²) in [6, 6.07) is 0. The van der Waals surface area contributed by atoms with Gasteiger partial charge in [0.1, 0.15) is 12.3 Å². The predicted octanol–water partition coefficient (Wildman–Crippen LogP) is 0.449. The zero-order valence-corrected chi connectivity index (χ0v) is 5.10. The lowest BCUT2D eigenvalue weighted by Gasteiger charge is -2.10. The van der Waals surface area contributed by atoms with Gasteiger partial charge in [-0.1, -0.05) is 5.01 Å². The van der Waals surface area contributed by atoms with Crippen molar-refractivity contribution in [1.82, 2.24) is 5.01 Å². The molecule has 1 N–H and O–H groups in total. The van der Waals surface area contributed by atoms with Crippen LogP contribution in [-0.4, -0.2) is 21.7 Å². The van der Waals surface area contributed by atoms with Crippen molar-refractivity contribution in [3.8, 4) is 0 Å². The lowest BCUT2D eigenvalue weighted by atomic mass is 10.3. The highest BCUT2D eigenvalue weighted by atomic mass is 16.7. The SMILES string of the molecule is O=[N+]([O-])N1C=CC=C(O)C1. The van der Waals surface area contributed by atoms with Gasteiger partial charge in [-0.2, -0.15) is 0 Å². The molecule has 54 valence electrons. The fourth-order valence-electron chi connectivity index (χ4n) is 0.637. The number of hydrogen-bond acceptors (Lipinski definition) is 3. The first kappa shape index (κ1) is 6.60. The molecule has 0 amide bonds. The molecule has 0 unspecified atom stereocenters. The Labute approximate surface area is 57.0 Å². The van der Waals surface area contributed by atoms with Gasteiger partial charge in [0, 0.05) is 0 Å². The fourth-order valence-corrected chi connectivity index (χ4v) is 0.637. The van der Waals surface area contributed by atoms with Crippen LogP contribution < -0.4 is 0 Å². The summed E-state index contributed by atoms with van der Waals surface area (Å²) in [4.78, 5) is 10.0. The van der Waals surface area contributed by atoms with E-state index < -0.39 is 5.03 Å². The third-order valence-electron chi connectivity index (χ3n) is 1.08. The number of allylic oxidation sites excluding steroid dienone is 2. The van der Waals surface area contributed by atoms with E-state index in [-0.39, 0.29) is 12.3 Å². The van der Waals surface area contributed by atoms with E-state index in [1.165, 1.54) is 18.4 Å². The van der Waals surface area contributed by atoms with Gasteiger partial charge in [-0.3, -0.25) is 0 Å². The lowest BCUT2D eigenvalue weighted by molar-refractivity contribution is -0.638. The van der Waals surface area contributed by atoms with Crippen LogP contribution in [0, 0.1) is 10.1 Å². The minimum Gasteiger partial charge on any atom is -0.510 e. The van der Waals surface area contributed by atoms with Crippen LogP contribution in [0.4, 0.5) is 0 Å². The molecule has 5 nitrogen and oxygen atoms in total. The molecule has 0 spiro atoms. The Bertz CT molecular complexity index is 209. The van der Waals surface area contributed by atoms with Gasteiger partial charge in [0.15, 0.2) is 5.03 Å². The van der Waals surface area contributed by atoms with Crippen LogP contribution in [0.3, 0.4) is 0 Å². The summed E-state index contributed by atoms with van der Waals surface area (Å²) in [5.41, 5.74) is 0. The number of hydrogen-bond donors (Lipinski definition) is 1. The number of hydrazine groups is 1. The van der Waals surface area contributed by atoms with E-state index in [1.54, 1.807) is 0 Å². The van der Waals surface area contributed by atoms with Gasteiger partial charge >= 0.3 is 0 Å². The van der Waals surface area contributed by atoms with Crippen molar-refractivity contribution in [2.45, 2.75) is 0 Å². The van der Waals surface area contributed by atoms with Gasteiger partial charge in [-0.25, -0.2) is 10.1 Å². The predicted molar refractivity (Wildman–Crippen MR) is 33.6 cm³/mol. The lowest BCUT2D eigenvalue weighted by Crippen LogP contribution is -2.27. The van der Waals surface area contributed by atoms with Crippen LogP contribution in [0.15, 0.2) is 24.1 Å². The molecule has 0 aromatic heterocycles. The highest BCUT2D eigenvalue weighted by molar-refractivity contribution is 5.11. The van der Waals surface area contributed by atoms with E-state index in [0.717, 1.165) is 5.01 Å². The van der Waals surface area contributed by atoms with Crippen LogP contribution in [0.5, 0.6) is 0 Å². The highest BCUT2D eigenvalue weighted by Gasteiger charge is 2.14. The van der Waals surface area contributed by atoms with Crippen molar-refractivity contribution in [2.75, 3.05) is 6.54 Å². The Morgan fingerprint density at radius 2 is 2.50 bits per heavy atom. The maximum Gasteiger partial charge on any atom is 0.164 e. The van der Waals surface area contributed by atoms with Crippen molar-refractivity contribution in [2.24, 2.45) is 0 Å². The highest BCUT2D eigenvalue weighted by Crippen LogP contribution is 2.03. The first-order valence-electron chi connectivity index (χ1n) is 2.67. The average molecular weight is 142 g/mol. The van der Waals surface area contributed by atoms with Gasteiger partial charge in [0.05, 0.1) is 6.20 Å². The van der Waals surface area contributed by atoms with Crippen LogP contribution >= 0.6 is 0 Å². The summed E-state index contributed by atoms with van der Waals surface area (Å²) in [6.45, 7) is -0.0521. The van der Waals surface area contributed by atoms with E-state index in [9.17, 15) is 10.1 Å². The molecule has 1 heterocycles. The molecule has 1 aliphatic heterocycles. The summed E-state index contributed by atoms with van der Waals surface area (Å²) in [6.07, 6.45) is 4.13. The summed E-state index contributed by atoms with van der Waals surface area (Å²) >= 11 is 0. The van der Waals surface area contributed by atoms with Gasteiger partial charge in [-0.15, -0.1) is 0 Å². The molecule has 0 bridgehead atoms. The molecular weight excluding hydrogens is 136 g/mol. The van der Waals surface area contributed by atoms with Gasteiger partial charge < -0.3 is 5.11 Å². The molecular formula is C5H6N2O3. The Hall–Kier alpha value is -1.52. The van der Waals surface area contributed by atoms with Crippen molar-refractivity contribution >= 4 is 0 Å². The molecule has 0 fully saturated rings. The number of aliphatic hydroxyl groups is 1. The normalized spacial score (nSPS) is 16.8.